The Labute approximate surface area is 211 Å². The van der Waals surface area contributed by atoms with Crippen molar-refractivity contribution in [2.45, 2.75) is 38.3 Å². The smallest absolute Gasteiger partial charge is 0.263 e. The van der Waals surface area contributed by atoms with Gasteiger partial charge in [-0.1, -0.05) is 55.5 Å². The molecule has 6 heteroatoms. The molecule has 0 radical (unpaired) electrons. The van der Waals surface area contributed by atoms with Gasteiger partial charge in [0.05, 0.1) is 30.0 Å². The number of anilines is 2. The largest absolute Gasteiger partial charge is 0.394 e. The van der Waals surface area contributed by atoms with Gasteiger partial charge in [0.15, 0.2) is 0 Å². The van der Waals surface area contributed by atoms with Crippen LogP contribution < -0.4 is 4.90 Å². The molecule has 6 nitrogen and oxygen atoms in total. The molecule has 0 aliphatic carbocycles. The van der Waals surface area contributed by atoms with E-state index in [1.165, 1.54) is 0 Å². The van der Waals surface area contributed by atoms with Crippen LogP contribution in [0.2, 0.25) is 0 Å². The molecule has 1 N–H and O–H groups in total. The Morgan fingerprint density at radius 1 is 1.14 bits per heavy atom. The van der Waals surface area contributed by atoms with E-state index in [2.05, 4.69) is 6.92 Å². The summed E-state index contributed by atoms with van der Waals surface area (Å²) < 4.78 is 5.81. The molecule has 1 saturated heterocycles. The quantitative estimate of drug-likeness (QED) is 0.436. The lowest BCUT2D eigenvalue weighted by atomic mass is 9.96. The topological polar surface area (TPSA) is 70.1 Å². The predicted octanol–water partition coefficient (Wildman–Crippen LogP) is 5.38. The van der Waals surface area contributed by atoms with Crippen molar-refractivity contribution in [1.82, 2.24) is 4.90 Å². The molecule has 0 unspecified atom stereocenters. The number of rotatable bonds is 8. The zero-order valence-electron chi connectivity index (χ0n) is 20.8. The van der Waals surface area contributed by atoms with Crippen LogP contribution in [0.3, 0.4) is 0 Å². The molecule has 2 aliphatic rings. The van der Waals surface area contributed by atoms with Gasteiger partial charge in [0.2, 0.25) is 5.91 Å². The number of carbonyl (C=O) groups is 2. The molecule has 0 aromatic heterocycles. The van der Waals surface area contributed by atoms with Gasteiger partial charge in [-0.2, -0.15) is 0 Å². The summed E-state index contributed by atoms with van der Waals surface area (Å²) in [6.07, 6.45) is 5.88. The second-order valence-electron chi connectivity index (χ2n) is 9.63. The maximum Gasteiger partial charge on any atom is 0.263 e. The van der Waals surface area contributed by atoms with E-state index < -0.39 is 0 Å². The summed E-state index contributed by atoms with van der Waals surface area (Å²) in [5.41, 5.74) is 3.47. The van der Waals surface area contributed by atoms with Crippen LogP contribution in [-0.2, 0) is 9.53 Å². The second kappa shape index (κ2) is 10.2. The van der Waals surface area contributed by atoms with Gasteiger partial charge >= 0.3 is 0 Å². The number of methoxy groups -OCH3 is 1. The lowest BCUT2D eigenvalue weighted by molar-refractivity contribution is -0.131. The van der Waals surface area contributed by atoms with Crippen LogP contribution in [0.25, 0.3) is 10.8 Å². The number of benzene rings is 3. The highest BCUT2D eigenvalue weighted by atomic mass is 16.5. The van der Waals surface area contributed by atoms with E-state index in [-0.39, 0.29) is 36.5 Å². The maximum absolute atomic E-state index is 13.2. The molecule has 2 heterocycles. The third kappa shape index (κ3) is 4.31. The Bertz CT molecular complexity index is 1290. The molecule has 0 bridgehead atoms. The van der Waals surface area contributed by atoms with Crippen molar-refractivity contribution in [3.63, 3.8) is 0 Å². The van der Waals surface area contributed by atoms with Gasteiger partial charge in [0, 0.05) is 37.1 Å². The lowest BCUT2D eigenvalue weighted by Gasteiger charge is -2.23. The molecule has 36 heavy (non-hydrogen) atoms. The fourth-order valence-electron chi connectivity index (χ4n) is 5.59. The molecule has 2 aliphatic heterocycles. The van der Waals surface area contributed by atoms with Crippen LogP contribution in [0.1, 0.15) is 48.2 Å². The number of hydrogen-bond donors (Lipinski definition) is 1. The van der Waals surface area contributed by atoms with Crippen LogP contribution in [-0.4, -0.2) is 48.1 Å². The van der Waals surface area contributed by atoms with Crippen molar-refractivity contribution in [3.05, 3.63) is 83.9 Å². The average Bonchev–Trinajstić information content (AvgIpc) is 3.49. The van der Waals surface area contributed by atoms with E-state index in [9.17, 15) is 14.7 Å². The van der Waals surface area contributed by atoms with Crippen molar-refractivity contribution >= 4 is 34.0 Å². The molecule has 5 rings (SSSR count). The summed E-state index contributed by atoms with van der Waals surface area (Å²) >= 11 is 0. The fourth-order valence-corrected chi connectivity index (χ4v) is 5.59. The summed E-state index contributed by atoms with van der Waals surface area (Å²) in [6.45, 7) is 2.81. The Hall–Kier alpha value is -3.48. The van der Waals surface area contributed by atoms with Crippen molar-refractivity contribution in [2.24, 2.45) is 5.92 Å². The minimum Gasteiger partial charge on any atom is -0.394 e. The van der Waals surface area contributed by atoms with Crippen LogP contribution in [0.15, 0.2) is 72.8 Å². The lowest BCUT2D eigenvalue weighted by Crippen LogP contribution is -2.37. The normalized spacial score (nSPS) is 19.0. The van der Waals surface area contributed by atoms with Crippen LogP contribution in [0.5, 0.6) is 0 Å². The Balaban J connectivity index is 1.29. The van der Waals surface area contributed by atoms with Crippen LogP contribution in [0, 0.1) is 5.92 Å². The SMILES string of the molecule is CO[C@@H](c1ccc(N2C(=O)c3cccc4cccc2c34)cc1)[C@@H](C)/C=C/CC(=O)N1CCC[C@H]1CO. The first kappa shape index (κ1) is 24.2. The summed E-state index contributed by atoms with van der Waals surface area (Å²) in [6, 6.07) is 19.7. The first-order chi connectivity index (χ1) is 17.5. The van der Waals surface area contributed by atoms with E-state index in [0.29, 0.717) is 6.42 Å². The molecule has 3 aromatic rings. The highest BCUT2D eigenvalue weighted by Gasteiger charge is 2.31. The first-order valence-corrected chi connectivity index (χ1v) is 12.6. The fraction of sp³-hybridized carbons (Fsp3) is 0.333. The molecular formula is C30H32N2O4. The van der Waals surface area contributed by atoms with Crippen molar-refractivity contribution < 1.29 is 19.4 Å². The summed E-state index contributed by atoms with van der Waals surface area (Å²) in [5, 5.41) is 11.5. The van der Waals surface area contributed by atoms with Gasteiger partial charge in [0.1, 0.15) is 0 Å². The van der Waals surface area contributed by atoms with Gasteiger partial charge in [-0.25, -0.2) is 0 Å². The predicted molar refractivity (Wildman–Crippen MR) is 141 cm³/mol. The molecule has 3 aromatic carbocycles. The minimum atomic E-state index is -0.183. The van der Waals surface area contributed by atoms with Crippen LogP contribution >= 0.6 is 0 Å². The highest BCUT2D eigenvalue weighted by Crippen LogP contribution is 2.42. The summed E-state index contributed by atoms with van der Waals surface area (Å²) in [5.74, 6) is 0.0900. The number of likely N-dealkylation sites (tertiary alicyclic amines) is 1. The second-order valence-corrected chi connectivity index (χ2v) is 9.63. The molecular weight excluding hydrogens is 452 g/mol. The first-order valence-electron chi connectivity index (χ1n) is 12.6. The maximum atomic E-state index is 13.2. The van der Waals surface area contributed by atoms with E-state index >= 15 is 0 Å². The summed E-state index contributed by atoms with van der Waals surface area (Å²) in [7, 11) is 1.69. The zero-order chi connectivity index (χ0) is 25.2. The van der Waals surface area contributed by atoms with Crippen molar-refractivity contribution in [2.75, 3.05) is 25.2 Å². The Morgan fingerprint density at radius 2 is 1.89 bits per heavy atom. The Morgan fingerprint density at radius 3 is 2.61 bits per heavy atom. The third-order valence-electron chi connectivity index (χ3n) is 7.41. The third-order valence-corrected chi connectivity index (χ3v) is 7.41. The van der Waals surface area contributed by atoms with Crippen molar-refractivity contribution in [1.29, 1.82) is 0 Å². The van der Waals surface area contributed by atoms with Gasteiger partial charge in [0.25, 0.3) is 5.91 Å². The van der Waals surface area contributed by atoms with E-state index in [1.807, 2.05) is 72.8 Å². The van der Waals surface area contributed by atoms with E-state index in [4.69, 9.17) is 4.74 Å². The molecule has 0 spiro atoms. The number of nitrogens with zero attached hydrogens (tertiary/aromatic N) is 2. The molecule has 2 amide bonds. The molecule has 0 saturated carbocycles. The monoisotopic (exact) mass is 484 g/mol. The number of hydrogen-bond acceptors (Lipinski definition) is 4. The minimum absolute atomic E-state index is 0.0137. The number of carbonyl (C=O) groups excluding carboxylic acids is 2. The number of ether oxygens (including phenoxy) is 1. The van der Waals surface area contributed by atoms with Gasteiger partial charge in [-0.05, 0) is 48.1 Å². The number of aliphatic hydroxyl groups excluding tert-OH is 1. The molecule has 3 atom stereocenters. The van der Waals surface area contributed by atoms with Gasteiger partial charge in [-0.15, -0.1) is 0 Å². The zero-order valence-corrected chi connectivity index (χ0v) is 20.8. The molecule has 186 valence electrons. The van der Waals surface area contributed by atoms with Gasteiger partial charge < -0.3 is 14.7 Å². The van der Waals surface area contributed by atoms with Crippen LogP contribution in [0.4, 0.5) is 11.4 Å². The highest BCUT2D eigenvalue weighted by molar-refractivity contribution is 6.27. The Kier molecular flexibility index (Phi) is 6.90. The van der Waals surface area contributed by atoms with E-state index in [0.717, 1.165) is 52.7 Å². The average molecular weight is 485 g/mol. The number of amides is 2. The summed E-state index contributed by atoms with van der Waals surface area (Å²) in [4.78, 5) is 29.3. The standard InChI is InChI=1S/C30H32N2O4/c1-20(7-3-13-27(34)31-18-6-10-24(31)19-33)29(36-2)22-14-16-23(17-15-22)32-26-12-5-9-21-8-4-11-25(28(21)26)30(32)35/h3-5,7-9,11-12,14-17,20,24,29,33H,6,10,13,18-19H2,1-2H3/b7-3+/t20-,24-,29+/m0/s1. The molecule has 1 fully saturated rings. The van der Waals surface area contributed by atoms with E-state index in [1.54, 1.807) is 16.9 Å². The number of aliphatic hydroxyl groups is 1. The van der Waals surface area contributed by atoms with Gasteiger partial charge in [-0.3, -0.25) is 14.5 Å². The van der Waals surface area contributed by atoms with Crippen molar-refractivity contribution in [3.8, 4) is 0 Å².